The van der Waals surface area contributed by atoms with Gasteiger partial charge in [-0.25, -0.2) is 0 Å². The number of hydrogen-bond acceptors (Lipinski definition) is 4. The molecule has 21 heavy (non-hydrogen) atoms. The molecule has 0 bridgehead atoms. The average molecular weight is 286 g/mol. The van der Waals surface area contributed by atoms with Gasteiger partial charge < -0.3 is 4.90 Å². The maximum atomic E-state index is 9.36. The molecule has 0 aliphatic carbocycles. The Morgan fingerprint density at radius 3 is 2.57 bits per heavy atom. The molecule has 1 aliphatic rings. The van der Waals surface area contributed by atoms with Crippen LogP contribution in [0.5, 0.6) is 0 Å². The summed E-state index contributed by atoms with van der Waals surface area (Å²) >= 11 is 0. The number of nitrogens with zero attached hydrogens (tertiary/aromatic N) is 3. The predicted molar refractivity (Wildman–Crippen MR) is 87.5 cm³/mol. The van der Waals surface area contributed by atoms with Gasteiger partial charge in [0.2, 0.25) is 0 Å². The summed E-state index contributed by atoms with van der Waals surface area (Å²) < 4.78 is 0. The lowest BCUT2D eigenvalue weighted by atomic mass is 10.0. The van der Waals surface area contributed by atoms with Crippen molar-refractivity contribution in [3.8, 4) is 6.07 Å². The van der Waals surface area contributed by atoms with E-state index in [0.29, 0.717) is 0 Å². The number of anilines is 1. The number of rotatable bonds is 5. The van der Waals surface area contributed by atoms with E-state index >= 15 is 0 Å². The van der Waals surface area contributed by atoms with Gasteiger partial charge in [0.25, 0.3) is 0 Å². The Morgan fingerprint density at radius 2 is 2.00 bits per heavy atom. The Hall–Kier alpha value is -1.57. The van der Waals surface area contributed by atoms with Crippen molar-refractivity contribution in [3.63, 3.8) is 0 Å². The van der Waals surface area contributed by atoms with Gasteiger partial charge in [-0.15, -0.1) is 0 Å². The lowest BCUT2D eigenvalue weighted by Gasteiger charge is -2.39. The molecule has 114 valence electrons. The van der Waals surface area contributed by atoms with E-state index in [2.05, 4.69) is 52.4 Å². The third-order valence-electron chi connectivity index (χ3n) is 4.09. The summed E-state index contributed by atoms with van der Waals surface area (Å²) in [5.74, 6) is 0. The number of aryl methyl sites for hydroxylation is 1. The minimum atomic E-state index is -0.444. The van der Waals surface area contributed by atoms with Crippen LogP contribution in [0.1, 0.15) is 19.4 Å². The number of likely N-dealkylation sites (N-methyl/N-ethyl adjacent to an activating group) is 1. The molecule has 0 aromatic heterocycles. The monoisotopic (exact) mass is 286 g/mol. The van der Waals surface area contributed by atoms with E-state index in [1.54, 1.807) is 0 Å². The van der Waals surface area contributed by atoms with Gasteiger partial charge in [0.05, 0.1) is 6.07 Å². The Kier molecular flexibility index (Phi) is 5.22. The SMILES string of the molecule is CCNC(C)(C#N)CN1CCN(c2cccc(C)c2)CC1. The fraction of sp³-hybridized carbons (Fsp3) is 0.588. The van der Waals surface area contributed by atoms with Gasteiger partial charge in [-0.3, -0.25) is 10.2 Å². The first-order valence-electron chi connectivity index (χ1n) is 7.76. The fourth-order valence-electron chi connectivity index (χ4n) is 2.96. The van der Waals surface area contributed by atoms with E-state index in [4.69, 9.17) is 0 Å². The molecule has 4 heteroatoms. The zero-order valence-corrected chi connectivity index (χ0v) is 13.4. The van der Waals surface area contributed by atoms with Crippen LogP contribution in [0.15, 0.2) is 24.3 Å². The van der Waals surface area contributed by atoms with Crippen molar-refractivity contribution in [1.82, 2.24) is 10.2 Å². The zero-order valence-electron chi connectivity index (χ0n) is 13.4. The first-order chi connectivity index (χ1) is 10.1. The molecule has 0 saturated carbocycles. The van der Waals surface area contributed by atoms with Gasteiger partial charge in [-0.1, -0.05) is 19.1 Å². The van der Waals surface area contributed by atoms with E-state index < -0.39 is 5.54 Å². The molecule has 1 atom stereocenters. The summed E-state index contributed by atoms with van der Waals surface area (Å²) in [5.41, 5.74) is 2.17. The molecule has 1 aliphatic heterocycles. The molecule has 1 unspecified atom stereocenters. The molecular formula is C17H26N4. The second-order valence-corrected chi connectivity index (χ2v) is 6.08. The molecule has 1 saturated heterocycles. The van der Waals surface area contributed by atoms with Crippen LogP contribution in [0.2, 0.25) is 0 Å². The van der Waals surface area contributed by atoms with Gasteiger partial charge in [0, 0.05) is 38.4 Å². The summed E-state index contributed by atoms with van der Waals surface area (Å²) in [6, 6.07) is 11.1. The Balaban J connectivity index is 1.90. The van der Waals surface area contributed by atoms with Crippen LogP contribution in [0.4, 0.5) is 5.69 Å². The Labute approximate surface area is 128 Å². The van der Waals surface area contributed by atoms with Crippen LogP contribution in [-0.2, 0) is 0 Å². The first kappa shape index (κ1) is 15.8. The van der Waals surface area contributed by atoms with Crippen molar-refractivity contribution >= 4 is 5.69 Å². The number of nitriles is 1. The Morgan fingerprint density at radius 1 is 1.29 bits per heavy atom. The van der Waals surface area contributed by atoms with Crippen molar-refractivity contribution in [3.05, 3.63) is 29.8 Å². The van der Waals surface area contributed by atoms with Gasteiger partial charge in [0.1, 0.15) is 5.54 Å². The molecule has 0 amide bonds. The van der Waals surface area contributed by atoms with Crippen LogP contribution in [-0.4, -0.2) is 49.7 Å². The van der Waals surface area contributed by atoms with Crippen molar-refractivity contribution in [1.29, 1.82) is 5.26 Å². The molecular weight excluding hydrogens is 260 g/mol. The lowest BCUT2D eigenvalue weighted by molar-refractivity contribution is 0.210. The summed E-state index contributed by atoms with van der Waals surface area (Å²) in [6.07, 6.45) is 0. The topological polar surface area (TPSA) is 42.3 Å². The van der Waals surface area contributed by atoms with Crippen LogP contribution in [0.25, 0.3) is 0 Å². The van der Waals surface area contributed by atoms with Crippen LogP contribution in [0, 0.1) is 18.3 Å². The number of nitrogens with one attached hydrogen (secondary N) is 1. The normalized spacial score (nSPS) is 19.0. The van der Waals surface area contributed by atoms with Crippen molar-refractivity contribution in [2.45, 2.75) is 26.3 Å². The molecule has 1 N–H and O–H groups in total. The van der Waals surface area contributed by atoms with Gasteiger partial charge in [-0.05, 0) is 38.1 Å². The second-order valence-electron chi connectivity index (χ2n) is 6.08. The predicted octanol–water partition coefficient (Wildman–Crippen LogP) is 2.01. The molecule has 1 aromatic carbocycles. The van der Waals surface area contributed by atoms with E-state index in [1.807, 2.05) is 13.8 Å². The fourth-order valence-corrected chi connectivity index (χ4v) is 2.96. The minimum Gasteiger partial charge on any atom is -0.369 e. The molecule has 4 nitrogen and oxygen atoms in total. The number of benzene rings is 1. The maximum Gasteiger partial charge on any atom is 0.116 e. The van der Waals surface area contributed by atoms with Crippen molar-refractivity contribution in [2.24, 2.45) is 0 Å². The standard InChI is InChI=1S/C17H26N4/c1-4-19-17(3,13-18)14-20-8-10-21(11-9-20)16-7-5-6-15(2)12-16/h5-7,12,19H,4,8-11,14H2,1-3H3. The van der Waals surface area contributed by atoms with Gasteiger partial charge >= 0.3 is 0 Å². The molecule has 0 radical (unpaired) electrons. The highest BCUT2D eigenvalue weighted by Gasteiger charge is 2.27. The maximum absolute atomic E-state index is 9.36. The second kappa shape index (κ2) is 6.93. The highest BCUT2D eigenvalue weighted by Crippen LogP contribution is 2.18. The van der Waals surface area contributed by atoms with Gasteiger partial charge in [0.15, 0.2) is 0 Å². The van der Waals surface area contributed by atoms with Crippen LogP contribution in [0.3, 0.4) is 0 Å². The largest absolute Gasteiger partial charge is 0.369 e. The number of hydrogen-bond donors (Lipinski definition) is 1. The van der Waals surface area contributed by atoms with Crippen LogP contribution >= 0.6 is 0 Å². The summed E-state index contributed by atoms with van der Waals surface area (Å²) in [6.45, 7) is 11.9. The Bertz CT molecular complexity index is 500. The number of piperazine rings is 1. The highest BCUT2D eigenvalue weighted by molar-refractivity contribution is 5.48. The van der Waals surface area contributed by atoms with Crippen LogP contribution < -0.4 is 10.2 Å². The highest BCUT2D eigenvalue weighted by atomic mass is 15.3. The summed E-state index contributed by atoms with van der Waals surface area (Å²) in [7, 11) is 0. The van der Waals surface area contributed by atoms with Crippen molar-refractivity contribution < 1.29 is 0 Å². The van der Waals surface area contributed by atoms with E-state index in [0.717, 1.165) is 39.3 Å². The van der Waals surface area contributed by atoms with E-state index in [-0.39, 0.29) is 0 Å². The van der Waals surface area contributed by atoms with Gasteiger partial charge in [-0.2, -0.15) is 5.26 Å². The first-order valence-corrected chi connectivity index (χ1v) is 7.76. The summed E-state index contributed by atoms with van der Waals surface area (Å²) in [4.78, 5) is 4.82. The smallest absolute Gasteiger partial charge is 0.116 e. The third kappa shape index (κ3) is 4.20. The van der Waals surface area contributed by atoms with E-state index in [1.165, 1.54) is 11.3 Å². The van der Waals surface area contributed by atoms with Crippen molar-refractivity contribution in [2.75, 3.05) is 44.2 Å². The van der Waals surface area contributed by atoms with E-state index in [9.17, 15) is 5.26 Å². The third-order valence-corrected chi connectivity index (χ3v) is 4.09. The molecule has 0 spiro atoms. The quantitative estimate of drug-likeness (QED) is 0.899. The summed E-state index contributed by atoms with van der Waals surface area (Å²) in [5, 5.41) is 12.6. The molecule has 2 rings (SSSR count). The molecule has 1 aromatic rings. The lowest BCUT2D eigenvalue weighted by Crippen LogP contribution is -2.55. The minimum absolute atomic E-state index is 0.444. The zero-order chi connectivity index (χ0) is 15.3. The molecule has 1 heterocycles. The average Bonchev–Trinajstić information content (AvgIpc) is 2.48. The molecule has 1 fully saturated rings.